The van der Waals surface area contributed by atoms with Gasteiger partial charge in [-0.15, -0.1) is 11.3 Å². The third-order valence-corrected chi connectivity index (χ3v) is 9.05. The van der Waals surface area contributed by atoms with Crippen LogP contribution in [0.15, 0.2) is 30.5 Å². The van der Waals surface area contributed by atoms with Crippen LogP contribution in [0.25, 0.3) is 10.4 Å². The molecule has 1 aliphatic heterocycles. The summed E-state index contributed by atoms with van der Waals surface area (Å²) in [6.45, 7) is 6.34. The summed E-state index contributed by atoms with van der Waals surface area (Å²) >= 11 is 1.61. The van der Waals surface area contributed by atoms with Crippen LogP contribution >= 0.6 is 11.3 Å². The van der Waals surface area contributed by atoms with Gasteiger partial charge < -0.3 is 25.1 Å². The van der Waals surface area contributed by atoms with E-state index in [1.807, 2.05) is 19.1 Å². The monoisotopic (exact) mass is 545 g/mol. The van der Waals surface area contributed by atoms with Crippen molar-refractivity contribution in [2.75, 3.05) is 44.4 Å². The second-order valence-corrected chi connectivity index (χ2v) is 12.1. The Hall–Kier alpha value is -2.93. The second-order valence-electron chi connectivity index (χ2n) is 9.15. The molecule has 0 unspecified atom stereocenters. The maximum absolute atomic E-state index is 12.9. The van der Waals surface area contributed by atoms with Crippen molar-refractivity contribution >= 4 is 33.2 Å². The van der Waals surface area contributed by atoms with Gasteiger partial charge in [-0.25, -0.2) is 4.98 Å². The van der Waals surface area contributed by atoms with Gasteiger partial charge in [-0.2, -0.15) is 13.4 Å². The molecule has 5 rings (SSSR count). The van der Waals surface area contributed by atoms with Crippen LogP contribution in [-0.4, -0.2) is 61.4 Å². The number of nitrogens with zero attached hydrogens (tertiary/aromatic N) is 3. The summed E-state index contributed by atoms with van der Waals surface area (Å²) in [5.74, 6) is 1.17. The first-order valence-corrected chi connectivity index (χ1v) is 14.6. The number of hydrogen-bond acceptors (Lipinski definition) is 11. The number of rotatable bonds is 10. The molecule has 0 spiro atoms. The molecular formula is C25H31N5O5S2. The molecule has 1 saturated heterocycles. The number of morpholine rings is 1. The van der Waals surface area contributed by atoms with Gasteiger partial charge in [-0.1, -0.05) is 0 Å². The Balaban J connectivity index is 1.53. The number of nitrogens with two attached hydrogens (primary N) is 2. The average molecular weight is 546 g/mol. The Morgan fingerprint density at radius 3 is 2.62 bits per heavy atom. The van der Waals surface area contributed by atoms with E-state index in [1.165, 1.54) is 4.88 Å². The van der Waals surface area contributed by atoms with Crippen molar-refractivity contribution in [1.29, 1.82) is 0 Å². The quantitative estimate of drug-likeness (QED) is 0.365. The van der Waals surface area contributed by atoms with Crippen molar-refractivity contribution in [3.8, 4) is 21.9 Å². The van der Waals surface area contributed by atoms with Crippen LogP contribution in [0.5, 0.6) is 11.5 Å². The molecule has 198 valence electrons. The Morgan fingerprint density at radius 1 is 1.16 bits per heavy atom. The number of thiophene rings is 1. The third kappa shape index (κ3) is 6.15. The normalized spacial score (nSPS) is 16.6. The minimum absolute atomic E-state index is 0.0942. The van der Waals surface area contributed by atoms with Crippen LogP contribution < -0.4 is 20.4 Å². The van der Waals surface area contributed by atoms with Crippen LogP contribution in [0.2, 0.25) is 0 Å². The van der Waals surface area contributed by atoms with Crippen molar-refractivity contribution in [2.24, 2.45) is 0 Å². The molecule has 0 atom stereocenters. The van der Waals surface area contributed by atoms with Gasteiger partial charge in [0, 0.05) is 47.6 Å². The van der Waals surface area contributed by atoms with Gasteiger partial charge in [0.25, 0.3) is 0 Å². The van der Waals surface area contributed by atoms with Gasteiger partial charge in [0.05, 0.1) is 30.6 Å². The van der Waals surface area contributed by atoms with E-state index in [0.717, 1.165) is 43.3 Å². The standard InChI is InChI=1S/C25H31N5O5S2/c1-2-34-20-12-16(11-17-14-28-25(27)29-24(17)26)13-21(35-37(31,32)19-4-5-19)23(20)22-6-3-18(36-22)15-30-7-9-33-10-8-30/h3,6,12-14,19H,2,4-5,7-11,15H2,1H3,(H4,26,27,28,29). The average Bonchev–Trinajstić information content (AvgIpc) is 3.63. The number of nitrogen functional groups attached to an aromatic ring is 2. The highest BCUT2D eigenvalue weighted by Gasteiger charge is 2.38. The van der Waals surface area contributed by atoms with E-state index >= 15 is 0 Å². The van der Waals surface area contributed by atoms with Gasteiger partial charge in [0.15, 0.2) is 5.75 Å². The summed E-state index contributed by atoms with van der Waals surface area (Å²) in [5, 5.41) is -0.471. The van der Waals surface area contributed by atoms with Crippen molar-refractivity contribution in [3.63, 3.8) is 0 Å². The predicted octanol–water partition coefficient (Wildman–Crippen LogP) is 3.06. The van der Waals surface area contributed by atoms with Gasteiger partial charge in [-0.3, -0.25) is 4.90 Å². The largest absolute Gasteiger partial charge is 0.493 e. The fourth-order valence-corrected chi connectivity index (χ4v) is 6.58. The molecule has 10 nitrogen and oxygen atoms in total. The molecule has 0 amide bonds. The van der Waals surface area contributed by atoms with E-state index in [4.69, 9.17) is 25.1 Å². The molecule has 0 bridgehead atoms. The molecule has 2 aliphatic rings. The molecular weight excluding hydrogens is 514 g/mol. The first-order chi connectivity index (χ1) is 17.8. The molecule has 2 aromatic heterocycles. The zero-order chi connectivity index (χ0) is 26.0. The first kappa shape index (κ1) is 25.7. The summed E-state index contributed by atoms with van der Waals surface area (Å²) in [7, 11) is -3.76. The summed E-state index contributed by atoms with van der Waals surface area (Å²) < 4.78 is 43.1. The van der Waals surface area contributed by atoms with Crippen LogP contribution in [0.1, 0.15) is 35.8 Å². The predicted molar refractivity (Wildman–Crippen MR) is 143 cm³/mol. The van der Waals surface area contributed by atoms with Crippen molar-refractivity contribution in [2.45, 2.75) is 38.0 Å². The number of ether oxygens (including phenoxy) is 2. The van der Waals surface area contributed by atoms with Gasteiger partial charge in [-0.05, 0) is 49.6 Å². The first-order valence-electron chi connectivity index (χ1n) is 12.3. The van der Waals surface area contributed by atoms with Crippen LogP contribution in [-0.2, 0) is 27.8 Å². The van der Waals surface area contributed by atoms with E-state index in [1.54, 1.807) is 23.6 Å². The lowest BCUT2D eigenvalue weighted by Crippen LogP contribution is -2.35. The minimum Gasteiger partial charge on any atom is -0.493 e. The number of aromatic nitrogens is 2. The van der Waals surface area contributed by atoms with Gasteiger partial charge in [0.2, 0.25) is 5.95 Å². The lowest BCUT2D eigenvalue weighted by molar-refractivity contribution is 0.0346. The number of hydrogen-bond donors (Lipinski definition) is 2. The molecule has 1 saturated carbocycles. The molecule has 4 N–H and O–H groups in total. The molecule has 37 heavy (non-hydrogen) atoms. The van der Waals surface area contributed by atoms with Crippen molar-refractivity contribution in [1.82, 2.24) is 14.9 Å². The van der Waals surface area contributed by atoms with E-state index in [0.29, 0.717) is 42.7 Å². The van der Waals surface area contributed by atoms with E-state index in [2.05, 4.69) is 20.9 Å². The van der Waals surface area contributed by atoms with Gasteiger partial charge >= 0.3 is 10.1 Å². The summed E-state index contributed by atoms with van der Waals surface area (Å²) in [4.78, 5) is 12.5. The lowest BCUT2D eigenvalue weighted by Gasteiger charge is -2.25. The molecule has 0 radical (unpaired) electrons. The van der Waals surface area contributed by atoms with Crippen molar-refractivity contribution in [3.05, 3.63) is 46.5 Å². The Labute approximate surface area is 220 Å². The fourth-order valence-electron chi connectivity index (χ4n) is 4.24. The third-order valence-electron chi connectivity index (χ3n) is 6.27. The number of benzene rings is 1. The maximum Gasteiger partial charge on any atom is 0.312 e. The maximum atomic E-state index is 12.9. The lowest BCUT2D eigenvalue weighted by atomic mass is 10.0. The topological polar surface area (TPSA) is 143 Å². The van der Waals surface area contributed by atoms with Crippen LogP contribution in [0.4, 0.5) is 11.8 Å². The molecule has 1 aromatic carbocycles. The van der Waals surface area contributed by atoms with Crippen LogP contribution in [0.3, 0.4) is 0 Å². The second kappa shape index (κ2) is 10.8. The molecule has 12 heteroatoms. The summed E-state index contributed by atoms with van der Waals surface area (Å²) in [6, 6.07) is 7.71. The smallest absolute Gasteiger partial charge is 0.312 e. The van der Waals surface area contributed by atoms with E-state index in [-0.39, 0.29) is 17.5 Å². The molecule has 3 heterocycles. The highest BCUT2D eigenvalue weighted by molar-refractivity contribution is 7.88. The highest BCUT2D eigenvalue weighted by atomic mass is 32.2. The van der Waals surface area contributed by atoms with Gasteiger partial charge in [0.1, 0.15) is 11.6 Å². The fraction of sp³-hybridized carbons (Fsp3) is 0.440. The SMILES string of the molecule is CCOc1cc(Cc2cnc(N)nc2N)cc(OS(=O)(=O)C2CC2)c1-c1ccc(CN2CCOCC2)s1. The summed E-state index contributed by atoms with van der Waals surface area (Å²) in [6.07, 6.45) is 3.15. The molecule has 3 aromatic rings. The Morgan fingerprint density at radius 2 is 1.92 bits per heavy atom. The number of anilines is 2. The molecule has 2 fully saturated rings. The van der Waals surface area contributed by atoms with Crippen LogP contribution in [0, 0.1) is 0 Å². The van der Waals surface area contributed by atoms with E-state index in [9.17, 15) is 8.42 Å². The highest BCUT2D eigenvalue weighted by Crippen LogP contribution is 2.45. The van der Waals surface area contributed by atoms with Crippen molar-refractivity contribution < 1.29 is 22.1 Å². The summed E-state index contributed by atoms with van der Waals surface area (Å²) in [5.41, 5.74) is 13.8. The Kier molecular flexibility index (Phi) is 7.52. The zero-order valence-electron chi connectivity index (χ0n) is 20.7. The minimum atomic E-state index is -3.76. The molecule has 1 aliphatic carbocycles. The Bertz CT molecular complexity index is 1370. The zero-order valence-corrected chi connectivity index (χ0v) is 22.3. The van der Waals surface area contributed by atoms with E-state index < -0.39 is 15.4 Å².